The summed E-state index contributed by atoms with van der Waals surface area (Å²) in [5, 5.41) is 12.8. The molecule has 9 aromatic carbocycles. The Balaban J connectivity index is 1.13. The van der Waals surface area contributed by atoms with Gasteiger partial charge in [-0.2, -0.15) is 0 Å². The van der Waals surface area contributed by atoms with Crippen molar-refractivity contribution in [2.45, 2.75) is 0 Å². The minimum absolute atomic E-state index is 1.18. The van der Waals surface area contributed by atoms with Crippen LogP contribution < -0.4 is 0 Å². The van der Waals surface area contributed by atoms with E-state index in [2.05, 4.69) is 191 Å². The van der Waals surface area contributed by atoms with Crippen LogP contribution in [0.1, 0.15) is 0 Å². The molecule has 0 bridgehead atoms. The van der Waals surface area contributed by atoms with Crippen molar-refractivity contribution in [3.05, 3.63) is 182 Å². The zero-order chi connectivity index (χ0) is 34.6. The third-order valence-electron chi connectivity index (χ3n) is 11.3. The maximum atomic E-state index is 2.47. The summed E-state index contributed by atoms with van der Waals surface area (Å²) in [5.41, 5.74) is 9.70. The molecule has 0 N–H and O–H groups in total. The highest BCUT2D eigenvalue weighted by molar-refractivity contribution is 7.26. The number of nitrogens with zero attached hydrogens (tertiary/aromatic N) is 2. The molecule has 0 aliphatic heterocycles. The Labute approximate surface area is 309 Å². The minimum atomic E-state index is 1.18. The fraction of sp³-hybridized carbons (Fsp3) is 0. The van der Waals surface area contributed by atoms with Gasteiger partial charge in [0.15, 0.2) is 0 Å². The van der Waals surface area contributed by atoms with Crippen molar-refractivity contribution in [2.75, 3.05) is 0 Å². The third-order valence-corrected chi connectivity index (χ3v) is 12.4. The first-order valence-corrected chi connectivity index (χ1v) is 19.0. The lowest BCUT2D eigenvalue weighted by Crippen LogP contribution is -1.95. The predicted octanol–water partition coefficient (Wildman–Crippen LogP) is 14.2. The fourth-order valence-corrected chi connectivity index (χ4v) is 10.0. The number of fused-ring (bicyclic) bond motifs is 12. The van der Waals surface area contributed by atoms with Crippen LogP contribution in [0.3, 0.4) is 0 Å². The molecule has 0 unspecified atom stereocenters. The van der Waals surface area contributed by atoms with Crippen LogP contribution in [-0.4, -0.2) is 9.13 Å². The zero-order valence-corrected chi connectivity index (χ0v) is 29.4. The van der Waals surface area contributed by atoms with Gasteiger partial charge in [0, 0.05) is 52.8 Å². The lowest BCUT2D eigenvalue weighted by atomic mass is 9.99. The summed E-state index contributed by atoms with van der Waals surface area (Å²) in [5.74, 6) is 0. The first-order valence-electron chi connectivity index (χ1n) is 18.2. The van der Waals surface area contributed by atoms with Crippen molar-refractivity contribution < 1.29 is 0 Å². The van der Waals surface area contributed by atoms with Crippen molar-refractivity contribution in [3.63, 3.8) is 0 Å². The number of hydrogen-bond acceptors (Lipinski definition) is 1. The second-order valence-corrected chi connectivity index (χ2v) is 15.2. The highest BCUT2D eigenvalue weighted by Gasteiger charge is 2.20. The molecule has 0 spiro atoms. The van der Waals surface area contributed by atoms with Crippen LogP contribution in [0.25, 0.3) is 108 Å². The molecule has 0 fully saturated rings. The van der Waals surface area contributed by atoms with Crippen molar-refractivity contribution >= 4 is 96.7 Å². The zero-order valence-electron chi connectivity index (χ0n) is 28.6. The van der Waals surface area contributed by atoms with E-state index in [1.54, 1.807) is 0 Å². The maximum Gasteiger partial charge on any atom is 0.0548 e. The highest BCUT2D eigenvalue weighted by Crippen LogP contribution is 2.45. The first-order chi connectivity index (χ1) is 26.3. The fourth-order valence-electron chi connectivity index (χ4n) is 8.91. The molecule has 0 saturated carbocycles. The van der Waals surface area contributed by atoms with Gasteiger partial charge < -0.3 is 9.13 Å². The average Bonchev–Trinajstić information content (AvgIpc) is 3.87. The average molecular weight is 691 g/mol. The van der Waals surface area contributed by atoms with Crippen LogP contribution in [0.15, 0.2) is 182 Å². The minimum Gasteiger partial charge on any atom is -0.309 e. The van der Waals surface area contributed by atoms with Gasteiger partial charge in [-0.05, 0) is 94.0 Å². The molecule has 3 heteroatoms. The molecule has 0 atom stereocenters. The van der Waals surface area contributed by atoms with Crippen LogP contribution in [-0.2, 0) is 0 Å². The second-order valence-electron chi connectivity index (χ2n) is 14.1. The number of rotatable bonds is 3. The van der Waals surface area contributed by atoms with E-state index < -0.39 is 0 Å². The van der Waals surface area contributed by atoms with Gasteiger partial charge in [0.05, 0.1) is 27.8 Å². The summed E-state index contributed by atoms with van der Waals surface area (Å²) < 4.78 is 7.55. The molecule has 0 saturated heterocycles. The quantitative estimate of drug-likeness (QED) is 0.175. The molecule has 3 aromatic heterocycles. The summed E-state index contributed by atoms with van der Waals surface area (Å²) in [6, 6.07) is 67.2. The van der Waals surface area contributed by atoms with Crippen molar-refractivity contribution in [3.8, 4) is 22.5 Å². The molecule has 53 heavy (non-hydrogen) atoms. The molecular weight excluding hydrogens is 661 g/mol. The van der Waals surface area contributed by atoms with Crippen LogP contribution >= 0.6 is 11.3 Å². The van der Waals surface area contributed by atoms with Gasteiger partial charge in [0.25, 0.3) is 0 Å². The number of hydrogen-bond donors (Lipinski definition) is 0. The van der Waals surface area contributed by atoms with Crippen LogP contribution in [0.5, 0.6) is 0 Å². The van der Waals surface area contributed by atoms with Crippen LogP contribution in [0.4, 0.5) is 0 Å². The van der Waals surface area contributed by atoms with Crippen LogP contribution in [0, 0.1) is 0 Å². The summed E-state index contributed by atoms with van der Waals surface area (Å²) in [6.07, 6.45) is 0. The number of benzene rings is 9. The second kappa shape index (κ2) is 10.9. The Hall–Kier alpha value is -6.68. The van der Waals surface area contributed by atoms with Gasteiger partial charge >= 0.3 is 0 Å². The van der Waals surface area contributed by atoms with E-state index in [-0.39, 0.29) is 0 Å². The van der Waals surface area contributed by atoms with E-state index in [1.807, 2.05) is 11.3 Å². The summed E-state index contributed by atoms with van der Waals surface area (Å²) in [7, 11) is 0. The standard InChI is InChI=1S/C50H30N2S/c1-2-12-33-28-36(23-20-31(33)10-1)51-45-25-22-35(30-41(45)49-46(51)26-27-48-50(49)39-16-6-8-19-47(39)53-48)34-21-24-44-40(29-34)38-15-5-7-17-43(38)52(44)42-18-9-13-32-11-3-4-14-37(32)42/h1-30H. The number of aromatic nitrogens is 2. The van der Waals surface area contributed by atoms with E-state index in [0.29, 0.717) is 0 Å². The van der Waals surface area contributed by atoms with Gasteiger partial charge in [-0.1, -0.05) is 115 Å². The van der Waals surface area contributed by atoms with E-state index in [4.69, 9.17) is 0 Å². The molecule has 0 amide bonds. The summed E-state index contributed by atoms with van der Waals surface area (Å²) in [6.45, 7) is 0. The third kappa shape index (κ3) is 4.14. The highest BCUT2D eigenvalue weighted by atomic mass is 32.1. The van der Waals surface area contributed by atoms with E-state index in [1.165, 1.54) is 108 Å². The Bertz CT molecular complexity index is 3460. The first kappa shape index (κ1) is 29.0. The lowest BCUT2D eigenvalue weighted by molar-refractivity contribution is 1.19. The molecule has 12 rings (SSSR count). The Morgan fingerprint density at radius 3 is 1.83 bits per heavy atom. The molecule has 12 aromatic rings. The van der Waals surface area contributed by atoms with E-state index >= 15 is 0 Å². The number of thiophene rings is 1. The van der Waals surface area contributed by atoms with Gasteiger partial charge in [0.1, 0.15) is 0 Å². The van der Waals surface area contributed by atoms with E-state index in [9.17, 15) is 0 Å². The van der Waals surface area contributed by atoms with Gasteiger partial charge in [0.2, 0.25) is 0 Å². The van der Waals surface area contributed by atoms with Crippen molar-refractivity contribution in [1.82, 2.24) is 9.13 Å². The summed E-state index contributed by atoms with van der Waals surface area (Å²) >= 11 is 1.88. The molecule has 2 nitrogen and oxygen atoms in total. The summed E-state index contributed by atoms with van der Waals surface area (Å²) in [4.78, 5) is 0. The molecule has 0 radical (unpaired) electrons. The van der Waals surface area contributed by atoms with Gasteiger partial charge in [-0.15, -0.1) is 11.3 Å². The molecule has 3 heterocycles. The predicted molar refractivity (Wildman–Crippen MR) is 228 cm³/mol. The molecule has 246 valence electrons. The Kier molecular flexibility index (Phi) is 5.96. The molecule has 0 aliphatic rings. The Morgan fingerprint density at radius 1 is 0.321 bits per heavy atom. The molecular formula is C50H30N2S. The van der Waals surface area contributed by atoms with Crippen molar-refractivity contribution in [2.24, 2.45) is 0 Å². The van der Waals surface area contributed by atoms with Crippen molar-refractivity contribution in [1.29, 1.82) is 0 Å². The monoisotopic (exact) mass is 690 g/mol. The van der Waals surface area contributed by atoms with Gasteiger partial charge in [-0.25, -0.2) is 0 Å². The SMILES string of the molecule is c1ccc2cc(-n3c4ccc(-c5ccc6c(c5)c5ccccc5n6-c5cccc6ccccc56)cc4c4c5c(ccc43)sc3ccccc35)ccc2c1. The maximum absolute atomic E-state index is 2.47. The largest absolute Gasteiger partial charge is 0.309 e. The topological polar surface area (TPSA) is 9.86 Å². The smallest absolute Gasteiger partial charge is 0.0548 e. The normalized spacial score (nSPS) is 12.2. The van der Waals surface area contributed by atoms with Gasteiger partial charge in [-0.3, -0.25) is 0 Å². The van der Waals surface area contributed by atoms with E-state index in [0.717, 1.165) is 0 Å². The van der Waals surface area contributed by atoms with Crippen LogP contribution in [0.2, 0.25) is 0 Å². The lowest BCUT2D eigenvalue weighted by Gasteiger charge is -2.12. The number of para-hydroxylation sites is 1. The molecule has 0 aliphatic carbocycles. The Morgan fingerprint density at radius 2 is 0.962 bits per heavy atom.